The standard InChI is InChI=1S/C20H18F2N4O/c21-16-9-8-15(13-17(16)22)25-20-24-12-10-18(26-20)19(27)23-11-4-7-14-5-2-1-3-6-14/h1-3,5-6,8-10,12-13H,4,7,11H2,(H,23,27)(H,24,25,26). The number of amides is 1. The average molecular weight is 368 g/mol. The zero-order valence-corrected chi connectivity index (χ0v) is 14.5. The van der Waals surface area contributed by atoms with Crippen molar-refractivity contribution in [2.45, 2.75) is 12.8 Å². The number of halogens is 2. The Balaban J connectivity index is 1.54. The van der Waals surface area contributed by atoms with Gasteiger partial charge in [-0.1, -0.05) is 30.3 Å². The van der Waals surface area contributed by atoms with E-state index in [2.05, 4.69) is 20.6 Å². The molecule has 2 aromatic carbocycles. The van der Waals surface area contributed by atoms with Crippen molar-refractivity contribution >= 4 is 17.5 Å². The van der Waals surface area contributed by atoms with E-state index < -0.39 is 11.6 Å². The molecule has 0 aliphatic carbocycles. The Morgan fingerprint density at radius 1 is 1.00 bits per heavy atom. The van der Waals surface area contributed by atoms with Gasteiger partial charge in [-0.3, -0.25) is 4.79 Å². The van der Waals surface area contributed by atoms with Crippen LogP contribution >= 0.6 is 0 Å². The molecule has 2 N–H and O–H groups in total. The fourth-order valence-electron chi connectivity index (χ4n) is 2.48. The third kappa shape index (κ3) is 5.31. The number of nitrogens with one attached hydrogen (secondary N) is 2. The number of carbonyl (C=O) groups excluding carboxylic acids is 1. The highest BCUT2D eigenvalue weighted by Crippen LogP contribution is 2.16. The first-order valence-corrected chi connectivity index (χ1v) is 8.49. The zero-order chi connectivity index (χ0) is 19.1. The predicted octanol–water partition coefficient (Wildman–Crippen LogP) is 3.86. The summed E-state index contributed by atoms with van der Waals surface area (Å²) in [5, 5.41) is 5.56. The minimum atomic E-state index is -0.979. The molecule has 0 radical (unpaired) electrons. The maximum absolute atomic E-state index is 13.3. The van der Waals surface area contributed by atoms with Gasteiger partial charge in [0, 0.05) is 24.5 Å². The molecule has 1 heterocycles. The van der Waals surface area contributed by atoms with Gasteiger partial charge in [0.2, 0.25) is 5.95 Å². The van der Waals surface area contributed by atoms with E-state index in [1.54, 1.807) is 0 Å². The van der Waals surface area contributed by atoms with E-state index >= 15 is 0 Å². The van der Waals surface area contributed by atoms with Gasteiger partial charge in [-0.15, -0.1) is 0 Å². The number of nitrogens with zero attached hydrogens (tertiary/aromatic N) is 2. The summed E-state index contributed by atoms with van der Waals surface area (Å²) in [4.78, 5) is 20.3. The first-order chi connectivity index (χ1) is 13.1. The van der Waals surface area contributed by atoms with Crippen LogP contribution in [-0.2, 0) is 6.42 Å². The predicted molar refractivity (Wildman–Crippen MR) is 98.8 cm³/mol. The lowest BCUT2D eigenvalue weighted by Gasteiger charge is -2.08. The van der Waals surface area contributed by atoms with E-state index in [1.165, 1.54) is 23.9 Å². The Morgan fingerprint density at radius 2 is 1.81 bits per heavy atom. The molecule has 0 fully saturated rings. The lowest BCUT2D eigenvalue weighted by Crippen LogP contribution is -2.26. The van der Waals surface area contributed by atoms with Crippen molar-refractivity contribution in [1.82, 2.24) is 15.3 Å². The third-order valence-corrected chi connectivity index (χ3v) is 3.83. The highest BCUT2D eigenvalue weighted by Gasteiger charge is 2.09. The van der Waals surface area contributed by atoms with Gasteiger partial charge in [-0.25, -0.2) is 18.7 Å². The van der Waals surface area contributed by atoms with E-state index in [0.29, 0.717) is 6.54 Å². The summed E-state index contributed by atoms with van der Waals surface area (Å²) in [6.45, 7) is 0.518. The Labute approximate surface area is 155 Å². The highest BCUT2D eigenvalue weighted by atomic mass is 19.2. The van der Waals surface area contributed by atoms with Gasteiger partial charge >= 0.3 is 0 Å². The van der Waals surface area contributed by atoms with E-state index in [-0.39, 0.29) is 23.2 Å². The van der Waals surface area contributed by atoms with Crippen LogP contribution < -0.4 is 10.6 Å². The number of anilines is 2. The maximum Gasteiger partial charge on any atom is 0.270 e. The molecule has 1 amide bonds. The fourth-order valence-corrected chi connectivity index (χ4v) is 2.48. The quantitative estimate of drug-likeness (QED) is 0.622. The number of benzene rings is 2. The second-order valence-corrected chi connectivity index (χ2v) is 5.86. The van der Waals surface area contributed by atoms with Crippen LogP contribution in [0.5, 0.6) is 0 Å². The fraction of sp³-hybridized carbons (Fsp3) is 0.150. The van der Waals surface area contributed by atoms with E-state index in [9.17, 15) is 13.6 Å². The highest BCUT2D eigenvalue weighted by molar-refractivity contribution is 5.92. The molecular weight excluding hydrogens is 350 g/mol. The largest absolute Gasteiger partial charge is 0.351 e. The molecule has 1 aromatic heterocycles. The molecule has 5 nitrogen and oxygen atoms in total. The number of hydrogen-bond donors (Lipinski definition) is 2. The summed E-state index contributed by atoms with van der Waals surface area (Å²) in [5.74, 6) is -2.12. The second-order valence-electron chi connectivity index (χ2n) is 5.86. The van der Waals surface area contributed by atoms with Crippen LogP contribution in [0, 0.1) is 11.6 Å². The van der Waals surface area contributed by atoms with Crippen molar-refractivity contribution in [2.24, 2.45) is 0 Å². The second kappa shape index (κ2) is 8.84. The molecule has 0 aliphatic heterocycles. The van der Waals surface area contributed by atoms with Crippen LogP contribution in [-0.4, -0.2) is 22.4 Å². The van der Waals surface area contributed by atoms with Crippen LogP contribution in [0.4, 0.5) is 20.4 Å². The molecule has 0 unspecified atom stereocenters. The number of carbonyl (C=O) groups is 1. The molecular formula is C20H18F2N4O. The minimum Gasteiger partial charge on any atom is -0.351 e. The lowest BCUT2D eigenvalue weighted by molar-refractivity contribution is 0.0948. The minimum absolute atomic E-state index is 0.123. The van der Waals surface area contributed by atoms with Crippen LogP contribution in [0.25, 0.3) is 0 Å². The first kappa shape index (κ1) is 18.4. The number of aryl methyl sites for hydroxylation is 1. The molecule has 7 heteroatoms. The SMILES string of the molecule is O=C(NCCCc1ccccc1)c1ccnc(Nc2ccc(F)c(F)c2)n1. The van der Waals surface area contributed by atoms with Gasteiger partial charge in [-0.05, 0) is 36.6 Å². The normalized spacial score (nSPS) is 10.4. The maximum atomic E-state index is 13.3. The summed E-state index contributed by atoms with van der Waals surface area (Å²) in [5.41, 5.74) is 1.69. The smallest absolute Gasteiger partial charge is 0.270 e. The summed E-state index contributed by atoms with van der Waals surface area (Å²) >= 11 is 0. The molecule has 0 spiro atoms. The molecule has 138 valence electrons. The Bertz CT molecular complexity index is 919. The molecule has 0 atom stereocenters. The van der Waals surface area contributed by atoms with Crippen molar-refractivity contribution in [2.75, 3.05) is 11.9 Å². The van der Waals surface area contributed by atoms with E-state index in [1.807, 2.05) is 30.3 Å². The van der Waals surface area contributed by atoms with Gasteiger partial charge in [0.25, 0.3) is 5.91 Å². The molecule has 3 rings (SSSR count). The van der Waals surface area contributed by atoms with E-state index in [0.717, 1.165) is 25.0 Å². The number of rotatable bonds is 7. The van der Waals surface area contributed by atoms with Crippen molar-refractivity contribution in [1.29, 1.82) is 0 Å². The molecule has 0 saturated heterocycles. The van der Waals surface area contributed by atoms with Crippen LogP contribution in [0.1, 0.15) is 22.5 Å². The topological polar surface area (TPSA) is 66.9 Å². The van der Waals surface area contributed by atoms with Gasteiger partial charge in [-0.2, -0.15) is 0 Å². The summed E-state index contributed by atoms with van der Waals surface area (Å²) in [7, 11) is 0. The van der Waals surface area contributed by atoms with Gasteiger partial charge < -0.3 is 10.6 Å². The monoisotopic (exact) mass is 368 g/mol. The first-order valence-electron chi connectivity index (χ1n) is 8.49. The number of hydrogen-bond acceptors (Lipinski definition) is 4. The van der Waals surface area contributed by atoms with Crippen molar-refractivity contribution in [3.8, 4) is 0 Å². The zero-order valence-electron chi connectivity index (χ0n) is 14.5. The molecule has 3 aromatic rings. The van der Waals surface area contributed by atoms with Crippen LogP contribution in [0.3, 0.4) is 0 Å². The van der Waals surface area contributed by atoms with Crippen LogP contribution in [0.2, 0.25) is 0 Å². The molecule has 27 heavy (non-hydrogen) atoms. The molecule has 0 saturated carbocycles. The van der Waals surface area contributed by atoms with Crippen molar-refractivity contribution in [3.63, 3.8) is 0 Å². The Kier molecular flexibility index (Phi) is 6.04. The average Bonchev–Trinajstić information content (AvgIpc) is 2.69. The third-order valence-electron chi connectivity index (χ3n) is 3.83. The van der Waals surface area contributed by atoms with Crippen LogP contribution in [0.15, 0.2) is 60.8 Å². The van der Waals surface area contributed by atoms with Crippen molar-refractivity contribution < 1.29 is 13.6 Å². The Morgan fingerprint density at radius 3 is 2.59 bits per heavy atom. The summed E-state index contributed by atoms with van der Waals surface area (Å²) in [6, 6.07) is 14.9. The van der Waals surface area contributed by atoms with Gasteiger partial charge in [0.05, 0.1) is 0 Å². The molecule has 0 bridgehead atoms. The van der Waals surface area contributed by atoms with Gasteiger partial charge in [0.1, 0.15) is 5.69 Å². The lowest BCUT2D eigenvalue weighted by atomic mass is 10.1. The Hall–Kier alpha value is -3.35. The van der Waals surface area contributed by atoms with E-state index in [4.69, 9.17) is 0 Å². The number of aromatic nitrogens is 2. The summed E-state index contributed by atoms with van der Waals surface area (Å²) < 4.78 is 26.2. The van der Waals surface area contributed by atoms with Crippen molar-refractivity contribution in [3.05, 3.63) is 83.7 Å². The van der Waals surface area contributed by atoms with Gasteiger partial charge in [0.15, 0.2) is 11.6 Å². The molecule has 0 aliphatic rings. The summed E-state index contributed by atoms with van der Waals surface area (Å²) in [6.07, 6.45) is 3.10.